The van der Waals surface area contributed by atoms with E-state index in [-0.39, 0.29) is 11.9 Å². The summed E-state index contributed by atoms with van der Waals surface area (Å²) in [6, 6.07) is 15.2. The molecule has 2 aromatic carbocycles. The topological polar surface area (TPSA) is 108 Å². The lowest BCUT2D eigenvalue weighted by Gasteiger charge is -2.09. The van der Waals surface area contributed by atoms with E-state index in [1.54, 1.807) is 19.2 Å². The van der Waals surface area contributed by atoms with Gasteiger partial charge in [-0.25, -0.2) is 14.6 Å². The molecule has 0 saturated carbocycles. The van der Waals surface area contributed by atoms with Crippen molar-refractivity contribution in [3.8, 4) is 17.0 Å². The average molecular weight is 441 g/mol. The van der Waals surface area contributed by atoms with Gasteiger partial charge in [-0.1, -0.05) is 48.6 Å². The summed E-state index contributed by atoms with van der Waals surface area (Å²) in [4.78, 5) is 21.2. The van der Waals surface area contributed by atoms with Crippen LogP contribution in [0.3, 0.4) is 0 Å². The number of carbonyl (C=O) groups is 1. The molecule has 1 aliphatic rings. The number of allylic oxidation sites excluding steroid dienone is 2. The van der Waals surface area contributed by atoms with Crippen molar-refractivity contribution in [3.05, 3.63) is 78.1 Å². The zero-order chi connectivity index (χ0) is 22.8. The van der Waals surface area contributed by atoms with Gasteiger partial charge in [-0.2, -0.15) is 5.10 Å². The van der Waals surface area contributed by atoms with E-state index in [2.05, 4.69) is 27.4 Å². The predicted octanol–water partition coefficient (Wildman–Crippen LogP) is 3.91. The van der Waals surface area contributed by atoms with Gasteiger partial charge in [0.2, 0.25) is 0 Å². The Hall–Kier alpha value is -4.20. The van der Waals surface area contributed by atoms with Crippen molar-refractivity contribution in [3.63, 3.8) is 0 Å². The van der Waals surface area contributed by atoms with Gasteiger partial charge in [-0.05, 0) is 30.5 Å². The molecule has 1 unspecified atom stereocenters. The first kappa shape index (κ1) is 20.7. The summed E-state index contributed by atoms with van der Waals surface area (Å²) in [7, 11) is 1.55. The fraction of sp³-hybridized carbons (Fsp3) is 0.200. The van der Waals surface area contributed by atoms with Gasteiger partial charge in [-0.15, -0.1) is 0 Å². The van der Waals surface area contributed by atoms with Crippen molar-refractivity contribution in [2.75, 3.05) is 12.8 Å². The highest BCUT2D eigenvalue weighted by Gasteiger charge is 2.22. The van der Waals surface area contributed by atoms with Crippen LogP contribution < -0.4 is 15.8 Å². The summed E-state index contributed by atoms with van der Waals surface area (Å²) in [5, 5.41) is 8.57. The first-order chi connectivity index (χ1) is 16.2. The number of carbonyl (C=O) groups excluding carboxylic acids is 1. The molecule has 166 valence electrons. The van der Waals surface area contributed by atoms with E-state index >= 15 is 0 Å². The van der Waals surface area contributed by atoms with E-state index in [4.69, 9.17) is 15.6 Å². The fourth-order valence-corrected chi connectivity index (χ4v) is 4.14. The van der Waals surface area contributed by atoms with Crippen molar-refractivity contribution in [2.24, 2.45) is 0 Å². The zero-order valence-corrected chi connectivity index (χ0v) is 18.2. The molecule has 0 spiro atoms. The predicted molar refractivity (Wildman–Crippen MR) is 127 cm³/mol. The van der Waals surface area contributed by atoms with Crippen LogP contribution in [0.4, 0.5) is 5.82 Å². The lowest BCUT2D eigenvalue weighted by atomic mass is 10.1. The van der Waals surface area contributed by atoms with Crippen LogP contribution in [-0.4, -0.2) is 32.8 Å². The highest BCUT2D eigenvalue weighted by atomic mass is 16.5. The number of nitrogen functional groups attached to an aromatic ring is 1. The molecule has 0 fully saturated rings. The van der Waals surface area contributed by atoms with Gasteiger partial charge in [0, 0.05) is 12.1 Å². The average Bonchev–Trinajstić information content (AvgIpc) is 3.51. The Kier molecular flexibility index (Phi) is 5.48. The van der Waals surface area contributed by atoms with E-state index in [0.29, 0.717) is 23.7 Å². The van der Waals surface area contributed by atoms with E-state index in [1.807, 2.05) is 41.1 Å². The number of para-hydroxylation sites is 1. The fourth-order valence-electron chi connectivity index (χ4n) is 4.14. The molecule has 0 aliphatic heterocycles. The van der Waals surface area contributed by atoms with Crippen LogP contribution in [0.5, 0.6) is 5.75 Å². The molecule has 2 aromatic heterocycles. The van der Waals surface area contributed by atoms with Crippen LogP contribution in [0.15, 0.2) is 67.0 Å². The minimum atomic E-state index is -0.184. The minimum absolute atomic E-state index is 0.167. The second kappa shape index (κ2) is 8.74. The van der Waals surface area contributed by atoms with Gasteiger partial charge in [-0.3, -0.25) is 4.79 Å². The smallest absolute Gasteiger partial charge is 0.255 e. The lowest BCUT2D eigenvalue weighted by Crippen LogP contribution is -2.23. The van der Waals surface area contributed by atoms with Gasteiger partial charge in [0.15, 0.2) is 5.65 Å². The minimum Gasteiger partial charge on any atom is -0.496 e. The largest absolute Gasteiger partial charge is 0.496 e. The number of ether oxygens (including phenoxy) is 1. The van der Waals surface area contributed by atoms with Crippen molar-refractivity contribution in [1.29, 1.82) is 0 Å². The van der Waals surface area contributed by atoms with Gasteiger partial charge in [0.1, 0.15) is 23.6 Å². The van der Waals surface area contributed by atoms with E-state index in [9.17, 15) is 4.79 Å². The number of hydrogen-bond donors (Lipinski definition) is 2. The number of hydrogen-bond acceptors (Lipinski definition) is 6. The third kappa shape index (κ3) is 3.91. The number of methoxy groups -OCH3 is 1. The molecule has 5 rings (SSSR count). The van der Waals surface area contributed by atoms with Gasteiger partial charge in [0.05, 0.1) is 24.1 Å². The zero-order valence-electron chi connectivity index (χ0n) is 18.2. The van der Waals surface area contributed by atoms with E-state index in [1.165, 1.54) is 6.33 Å². The van der Waals surface area contributed by atoms with E-state index < -0.39 is 0 Å². The third-order valence-corrected chi connectivity index (χ3v) is 5.85. The summed E-state index contributed by atoms with van der Waals surface area (Å²) in [6.07, 6.45) is 7.81. The maximum atomic E-state index is 12.6. The Labute approximate surface area is 191 Å². The maximum absolute atomic E-state index is 12.6. The van der Waals surface area contributed by atoms with Gasteiger partial charge >= 0.3 is 0 Å². The lowest BCUT2D eigenvalue weighted by molar-refractivity contribution is 0.0948. The standard InChI is InChI=1S/C25H24N6O2/c1-33-20-9-5-4-8-19(20)25(32)27-14-16-10-12-17(13-11-16)22-21-23(26)28-15-29-24(21)31(30-22)18-6-2-3-7-18/h2,4-6,8-13,15,18H,3,7,14H2,1H3,(H,27,32)(H2,26,28,29). The summed E-state index contributed by atoms with van der Waals surface area (Å²) >= 11 is 0. The highest BCUT2D eigenvalue weighted by molar-refractivity contribution is 5.98. The number of nitrogens with two attached hydrogens (primary N) is 1. The summed E-state index contributed by atoms with van der Waals surface area (Å²) in [5.74, 6) is 0.775. The number of anilines is 1. The SMILES string of the molecule is COc1ccccc1C(=O)NCc1ccc(-c2nn(C3C=CCC3)c3ncnc(N)c23)cc1. The second-order valence-corrected chi connectivity index (χ2v) is 7.90. The van der Waals surface area contributed by atoms with Crippen molar-refractivity contribution < 1.29 is 9.53 Å². The Morgan fingerprint density at radius 3 is 2.76 bits per heavy atom. The number of amides is 1. The van der Waals surface area contributed by atoms with E-state index in [0.717, 1.165) is 40.7 Å². The molecule has 1 amide bonds. The number of aromatic nitrogens is 4. The molecule has 3 N–H and O–H groups in total. The second-order valence-electron chi connectivity index (χ2n) is 7.90. The van der Waals surface area contributed by atoms with Gasteiger partial charge in [0.25, 0.3) is 5.91 Å². The Morgan fingerprint density at radius 2 is 2.00 bits per heavy atom. The van der Waals surface area contributed by atoms with Crippen LogP contribution >= 0.6 is 0 Å². The molecular formula is C25H24N6O2. The van der Waals surface area contributed by atoms with Crippen LogP contribution in [0.1, 0.15) is 34.8 Å². The molecule has 4 aromatic rings. The van der Waals surface area contributed by atoms with Gasteiger partial charge < -0.3 is 15.8 Å². The van der Waals surface area contributed by atoms with Crippen molar-refractivity contribution in [1.82, 2.24) is 25.1 Å². The molecular weight excluding hydrogens is 416 g/mol. The molecule has 2 heterocycles. The number of nitrogens with one attached hydrogen (secondary N) is 1. The first-order valence-corrected chi connectivity index (χ1v) is 10.8. The number of nitrogens with zero attached hydrogens (tertiary/aromatic N) is 4. The van der Waals surface area contributed by atoms with Crippen LogP contribution in [0, 0.1) is 0 Å². The van der Waals surface area contributed by atoms with Crippen molar-refractivity contribution >= 4 is 22.8 Å². The Bertz CT molecular complexity index is 1340. The van der Waals surface area contributed by atoms with Crippen molar-refractivity contribution in [2.45, 2.75) is 25.4 Å². The number of fused-ring (bicyclic) bond motifs is 1. The van der Waals surface area contributed by atoms with Crippen LogP contribution in [0.25, 0.3) is 22.3 Å². The monoisotopic (exact) mass is 440 g/mol. The number of benzene rings is 2. The molecule has 0 bridgehead atoms. The molecule has 33 heavy (non-hydrogen) atoms. The maximum Gasteiger partial charge on any atom is 0.255 e. The summed E-state index contributed by atoms with van der Waals surface area (Å²) < 4.78 is 7.21. The molecule has 0 radical (unpaired) electrons. The molecule has 8 heteroatoms. The van der Waals surface area contributed by atoms with Crippen LogP contribution in [-0.2, 0) is 6.54 Å². The number of rotatable bonds is 6. The first-order valence-electron chi connectivity index (χ1n) is 10.8. The quantitative estimate of drug-likeness (QED) is 0.440. The molecule has 1 atom stereocenters. The molecule has 0 saturated heterocycles. The Morgan fingerprint density at radius 1 is 1.18 bits per heavy atom. The Balaban J connectivity index is 1.39. The normalized spacial score (nSPS) is 15.1. The third-order valence-electron chi connectivity index (χ3n) is 5.85. The molecule has 1 aliphatic carbocycles. The highest BCUT2D eigenvalue weighted by Crippen LogP contribution is 2.34. The summed E-state index contributed by atoms with van der Waals surface area (Å²) in [6.45, 7) is 0.393. The molecule has 8 nitrogen and oxygen atoms in total. The summed E-state index contributed by atoms with van der Waals surface area (Å²) in [5.41, 5.74) is 10.1. The van der Waals surface area contributed by atoms with Crippen LogP contribution in [0.2, 0.25) is 0 Å².